The topological polar surface area (TPSA) is 119 Å². The summed E-state index contributed by atoms with van der Waals surface area (Å²) in [5.74, 6) is -6.96. The van der Waals surface area contributed by atoms with Crippen LogP contribution in [0, 0.1) is 0 Å². The average Bonchev–Trinajstić information content (AvgIpc) is 2.69. The number of nitrogens with one attached hydrogen (secondary N) is 1. The number of ether oxygens (including phenoxy) is 2. The lowest BCUT2D eigenvalue weighted by Gasteiger charge is -2.20. The quantitative estimate of drug-likeness (QED) is 0.341. The number of phenols is 1. The van der Waals surface area contributed by atoms with Crippen molar-refractivity contribution in [2.75, 3.05) is 11.8 Å². The van der Waals surface area contributed by atoms with Crippen LogP contribution in [0.5, 0.6) is 11.5 Å². The minimum Gasteiger partial charge on any atom is -0.508 e. The van der Waals surface area contributed by atoms with Crippen LogP contribution in [0.3, 0.4) is 0 Å². The van der Waals surface area contributed by atoms with Gasteiger partial charge in [-0.2, -0.15) is 13.2 Å². The van der Waals surface area contributed by atoms with Gasteiger partial charge < -0.3 is 14.6 Å². The number of phenolic OH excluding ortho intramolecular Hbond substituents is 1. The van der Waals surface area contributed by atoms with Gasteiger partial charge in [-0.1, -0.05) is 0 Å². The summed E-state index contributed by atoms with van der Waals surface area (Å²) in [4.78, 5) is 24.0. The van der Waals surface area contributed by atoms with Gasteiger partial charge in [0.15, 0.2) is 5.92 Å². The van der Waals surface area contributed by atoms with E-state index in [0.717, 1.165) is 18.2 Å². The number of anilines is 1. The van der Waals surface area contributed by atoms with Gasteiger partial charge in [-0.15, -0.1) is 0 Å². The van der Waals surface area contributed by atoms with Crippen LogP contribution in [-0.2, 0) is 24.3 Å². The average molecular weight is 475 g/mol. The van der Waals surface area contributed by atoms with E-state index < -0.39 is 51.3 Å². The molecule has 0 bridgehead atoms. The van der Waals surface area contributed by atoms with Gasteiger partial charge in [-0.25, -0.2) is 8.42 Å². The van der Waals surface area contributed by atoms with Gasteiger partial charge in [0.25, 0.3) is 15.8 Å². The Morgan fingerprint density at radius 1 is 1.06 bits per heavy atom. The molecular weight excluding hydrogens is 455 g/mol. The van der Waals surface area contributed by atoms with Crippen LogP contribution >= 0.6 is 0 Å². The number of alkyl halides is 3. The third kappa shape index (κ3) is 5.90. The van der Waals surface area contributed by atoms with Gasteiger partial charge in [0.1, 0.15) is 11.5 Å². The molecule has 0 aromatic heterocycles. The fourth-order valence-corrected chi connectivity index (χ4v) is 3.71. The van der Waals surface area contributed by atoms with E-state index in [2.05, 4.69) is 4.72 Å². The van der Waals surface area contributed by atoms with E-state index >= 15 is 0 Å². The van der Waals surface area contributed by atoms with E-state index in [-0.39, 0.29) is 10.6 Å². The van der Waals surface area contributed by atoms with Crippen molar-refractivity contribution in [3.8, 4) is 11.5 Å². The van der Waals surface area contributed by atoms with Crippen LogP contribution in [0.1, 0.15) is 25.3 Å². The van der Waals surface area contributed by atoms with E-state index in [4.69, 9.17) is 9.47 Å². The molecule has 2 aromatic rings. The Balaban J connectivity index is 2.48. The fourth-order valence-electron chi connectivity index (χ4n) is 2.66. The second kappa shape index (κ2) is 9.47. The number of Topliss-reactive ketones (excluding diaryl/α,β-unsaturated/α-hetero) is 1. The Bertz CT molecular complexity index is 1100. The second-order valence-corrected chi connectivity index (χ2v) is 8.52. The number of carbonyl (C=O) groups excluding carboxylic acids is 2. The molecule has 0 radical (unpaired) electrons. The summed E-state index contributed by atoms with van der Waals surface area (Å²) >= 11 is 0. The van der Waals surface area contributed by atoms with Crippen molar-refractivity contribution < 1.29 is 45.8 Å². The molecule has 0 aliphatic heterocycles. The minimum atomic E-state index is -5.41. The van der Waals surface area contributed by atoms with E-state index in [1.807, 2.05) is 0 Å². The maximum Gasteiger partial charge on any atom is 0.451 e. The molecule has 0 aliphatic carbocycles. The number of hydrogen-bond acceptors (Lipinski definition) is 7. The summed E-state index contributed by atoms with van der Waals surface area (Å²) in [6.45, 7) is 2.73. The van der Waals surface area contributed by atoms with Crippen molar-refractivity contribution in [1.82, 2.24) is 0 Å². The fraction of sp³-hybridized carbons (Fsp3) is 0.300. The monoisotopic (exact) mass is 475 g/mol. The molecule has 0 aliphatic rings. The van der Waals surface area contributed by atoms with E-state index in [9.17, 15) is 36.3 Å². The number of halogens is 3. The summed E-state index contributed by atoms with van der Waals surface area (Å²) in [5.41, 5.74) is -1.04. The van der Waals surface area contributed by atoms with Crippen molar-refractivity contribution in [1.29, 1.82) is 0 Å². The first-order chi connectivity index (χ1) is 14.8. The largest absolute Gasteiger partial charge is 0.508 e. The first-order valence-corrected chi connectivity index (χ1v) is 10.6. The molecule has 0 fully saturated rings. The third-order valence-corrected chi connectivity index (χ3v) is 5.49. The molecule has 0 unspecified atom stereocenters. The van der Waals surface area contributed by atoms with Gasteiger partial charge in [0.05, 0.1) is 18.1 Å². The Labute approximate surface area is 182 Å². The molecule has 0 saturated heterocycles. The van der Waals surface area contributed by atoms with Gasteiger partial charge >= 0.3 is 12.1 Å². The van der Waals surface area contributed by atoms with Crippen LogP contribution in [0.25, 0.3) is 0 Å². The minimum absolute atomic E-state index is 0.185. The van der Waals surface area contributed by atoms with Crippen molar-refractivity contribution in [3.63, 3.8) is 0 Å². The molecular formula is C20H20F3NO7S. The Morgan fingerprint density at radius 2 is 1.66 bits per heavy atom. The SMILES string of the molecule is COc1ccc(S(=O)(=O)Nc2ccc(O)c([C@@H](C(=O)OC(C)C)C(=O)C(F)(F)F)c2)cc1. The molecule has 2 rings (SSSR count). The van der Waals surface area contributed by atoms with Gasteiger partial charge in [-0.05, 0) is 56.3 Å². The lowest BCUT2D eigenvalue weighted by atomic mass is 9.93. The predicted molar refractivity (Wildman–Crippen MR) is 107 cm³/mol. The summed E-state index contributed by atoms with van der Waals surface area (Å²) in [6, 6.07) is 7.93. The molecule has 2 aromatic carbocycles. The first kappa shape index (κ1) is 25.0. The van der Waals surface area contributed by atoms with Crippen LogP contribution in [0.4, 0.5) is 18.9 Å². The van der Waals surface area contributed by atoms with Crippen molar-refractivity contribution >= 4 is 27.5 Å². The molecule has 8 nitrogen and oxygen atoms in total. The normalized spacial score (nSPS) is 12.8. The van der Waals surface area contributed by atoms with Crippen LogP contribution in [0.2, 0.25) is 0 Å². The second-order valence-electron chi connectivity index (χ2n) is 6.84. The maximum atomic E-state index is 13.1. The molecule has 2 N–H and O–H groups in total. The highest BCUT2D eigenvalue weighted by molar-refractivity contribution is 7.92. The zero-order valence-electron chi connectivity index (χ0n) is 17.1. The van der Waals surface area contributed by atoms with E-state index in [1.165, 1.54) is 45.2 Å². The van der Waals surface area contributed by atoms with Gasteiger partial charge in [-0.3, -0.25) is 14.3 Å². The number of benzene rings is 2. The number of ketones is 1. The molecule has 0 amide bonds. The van der Waals surface area contributed by atoms with Crippen LogP contribution < -0.4 is 9.46 Å². The Kier molecular flexibility index (Phi) is 7.39. The number of aromatic hydroxyl groups is 1. The van der Waals surface area contributed by atoms with Crippen molar-refractivity contribution in [2.45, 2.75) is 36.9 Å². The molecule has 12 heteroatoms. The highest BCUT2D eigenvalue weighted by Gasteiger charge is 2.48. The third-order valence-electron chi connectivity index (χ3n) is 4.09. The molecule has 32 heavy (non-hydrogen) atoms. The summed E-state index contributed by atoms with van der Waals surface area (Å²) in [5, 5.41) is 10.1. The van der Waals surface area contributed by atoms with Gasteiger partial charge in [0, 0.05) is 11.3 Å². The first-order valence-electron chi connectivity index (χ1n) is 9.07. The number of rotatable bonds is 8. The maximum absolute atomic E-state index is 13.1. The molecule has 1 atom stereocenters. The lowest BCUT2D eigenvalue weighted by molar-refractivity contribution is -0.178. The highest BCUT2D eigenvalue weighted by atomic mass is 32.2. The summed E-state index contributed by atoms with van der Waals surface area (Å²) in [7, 11) is -2.80. The van der Waals surface area contributed by atoms with Gasteiger partial charge in [0.2, 0.25) is 0 Å². The number of hydrogen-bond donors (Lipinski definition) is 2. The smallest absolute Gasteiger partial charge is 0.451 e. The number of esters is 1. The predicted octanol–water partition coefficient (Wildman–Crippen LogP) is 3.37. The molecule has 0 heterocycles. The highest BCUT2D eigenvalue weighted by Crippen LogP contribution is 2.36. The van der Waals surface area contributed by atoms with Crippen molar-refractivity contribution in [2.24, 2.45) is 0 Å². The molecule has 0 saturated carbocycles. The molecule has 174 valence electrons. The summed E-state index contributed by atoms with van der Waals surface area (Å²) < 4.78 is 76.3. The van der Waals surface area contributed by atoms with Crippen molar-refractivity contribution in [3.05, 3.63) is 48.0 Å². The molecule has 0 spiro atoms. The zero-order chi connectivity index (χ0) is 24.3. The standard InChI is InChI=1S/C20H20F3NO7S/c1-11(2)31-19(27)17(18(26)20(21,22)23)15-10-12(4-9-16(15)25)24-32(28,29)14-7-5-13(30-3)6-8-14/h4-11,17,24-25H,1-3H3/t17-/m1/s1. The van der Waals surface area contributed by atoms with Crippen LogP contribution in [0.15, 0.2) is 47.4 Å². The number of carbonyl (C=O) groups is 2. The lowest BCUT2D eigenvalue weighted by Crippen LogP contribution is -2.35. The number of sulfonamides is 1. The number of methoxy groups -OCH3 is 1. The van der Waals surface area contributed by atoms with Crippen LogP contribution in [-0.4, -0.2) is 44.7 Å². The Morgan fingerprint density at radius 3 is 2.16 bits per heavy atom. The van der Waals surface area contributed by atoms with E-state index in [0.29, 0.717) is 5.75 Å². The van der Waals surface area contributed by atoms with E-state index in [1.54, 1.807) is 0 Å². The Hall–Kier alpha value is -3.28. The zero-order valence-corrected chi connectivity index (χ0v) is 18.0. The summed E-state index contributed by atoms with van der Waals surface area (Å²) in [6.07, 6.45) is -6.25.